The average Bonchev–Trinajstić information content (AvgIpc) is 2.10. The molecule has 0 heterocycles. The number of Topliss-reactive ketones (excluding diaryl/α,β-unsaturated/α-hetero) is 1. The van der Waals surface area contributed by atoms with Gasteiger partial charge >= 0.3 is 0 Å². The molecular formula is C11H20O. The van der Waals surface area contributed by atoms with Gasteiger partial charge in [-0.15, -0.1) is 0 Å². The minimum Gasteiger partial charge on any atom is -0.300 e. The molecule has 0 radical (unpaired) electrons. The van der Waals surface area contributed by atoms with Crippen molar-refractivity contribution in [3.63, 3.8) is 0 Å². The maximum absolute atomic E-state index is 11.0. The quantitative estimate of drug-likeness (QED) is 0.632. The van der Waals surface area contributed by atoms with Crippen molar-refractivity contribution in [3.8, 4) is 0 Å². The van der Waals surface area contributed by atoms with Crippen molar-refractivity contribution in [2.45, 2.75) is 52.4 Å². The first kappa shape index (κ1) is 9.76. The van der Waals surface area contributed by atoms with Crippen molar-refractivity contribution < 1.29 is 4.79 Å². The van der Waals surface area contributed by atoms with E-state index in [1.54, 1.807) is 0 Å². The summed E-state index contributed by atoms with van der Waals surface area (Å²) in [5.74, 6) is 2.20. The number of hydrogen-bond donors (Lipinski definition) is 0. The monoisotopic (exact) mass is 168 g/mol. The Hall–Kier alpha value is -0.330. The normalized spacial score (nSPS) is 20.4. The number of rotatable bonds is 3. The molecule has 0 aromatic rings. The van der Waals surface area contributed by atoms with Gasteiger partial charge in [0.15, 0.2) is 0 Å². The minimum absolute atomic E-state index is 0.484. The molecule has 0 aromatic heterocycles. The van der Waals surface area contributed by atoms with Gasteiger partial charge in [-0.2, -0.15) is 0 Å². The van der Waals surface area contributed by atoms with Crippen LogP contribution in [0, 0.1) is 11.8 Å². The number of ketones is 1. The summed E-state index contributed by atoms with van der Waals surface area (Å²) < 4.78 is 0. The molecule has 1 fully saturated rings. The lowest BCUT2D eigenvalue weighted by molar-refractivity contribution is -0.121. The fourth-order valence-electron chi connectivity index (χ4n) is 2.39. The summed E-state index contributed by atoms with van der Waals surface area (Å²) in [7, 11) is 0. The summed E-state index contributed by atoms with van der Waals surface area (Å²) in [4.78, 5) is 11.0. The maximum Gasteiger partial charge on any atom is 0.132 e. The third kappa shape index (κ3) is 2.33. The van der Waals surface area contributed by atoms with Crippen molar-refractivity contribution in [1.29, 1.82) is 0 Å². The van der Waals surface area contributed by atoms with Gasteiger partial charge in [-0.1, -0.05) is 26.7 Å². The van der Waals surface area contributed by atoms with Crippen molar-refractivity contribution in [2.75, 3.05) is 0 Å². The fourth-order valence-corrected chi connectivity index (χ4v) is 2.39. The Balaban J connectivity index is 2.37. The highest BCUT2D eigenvalue weighted by Crippen LogP contribution is 2.31. The molecule has 1 saturated carbocycles. The van der Waals surface area contributed by atoms with Crippen LogP contribution in [0.15, 0.2) is 0 Å². The Morgan fingerprint density at radius 3 is 2.17 bits per heavy atom. The number of carbonyl (C=O) groups is 1. The second-order valence-corrected chi connectivity index (χ2v) is 3.95. The summed E-state index contributed by atoms with van der Waals surface area (Å²) in [5.41, 5.74) is 0. The third-order valence-corrected chi connectivity index (χ3v) is 3.30. The van der Waals surface area contributed by atoms with Gasteiger partial charge in [-0.05, 0) is 24.7 Å². The van der Waals surface area contributed by atoms with Crippen LogP contribution >= 0.6 is 0 Å². The van der Waals surface area contributed by atoms with E-state index >= 15 is 0 Å². The summed E-state index contributed by atoms with van der Waals surface area (Å²) in [5, 5.41) is 0. The summed E-state index contributed by atoms with van der Waals surface area (Å²) in [6, 6.07) is 0. The lowest BCUT2D eigenvalue weighted by atomic mass is 9.77. The molecule has 1 aliphatic carbocycles. The van der Waals surface area contributed by atoms with Crippen molar-refractivity contribution in [3.05, 3.63) is 0 Å². The van der Waals surface area contributed by atoms with Crippen molar-refractivity contribution in [2.24, 2.45) is 11.8 Å². The smallest absolute Gasteiger partial charge is 0.132 e. The third-order valence-electron chi connectivity index (χ3n) is 3.30. The van der Waals surface area contributed by atoms with E-state index in [9.17, 15) is 4.79 Å². The summed E-state index contributed by atoms with van der Waals surface area (Å²) in [6.45, 7) is 4.54. The molecule has 0 saturated heterocycles. The van der Waals surface area contributed by atoms with Crippen LogP contribution in [-0.4, -0.2) is 5.78 Å². The molecule has 0 amide bonds. The largest absolute Gasteiger partial charge is 0.300 e. The van der Waals surface area contributed by atoms with Crippen molar-refractivity contribution in [1.82, 2.24) is 0 Å². The van der Waals surface area contributed by atoms with Crippen LogP contribution in [0.5, 0.6) is 0 Å². The molecule has 1 nitrogen and oxygen atoms in total. The average molecular weight is 168 g/mol. The van der Waals surface area contributed by atoms with Gasteiger partial charge in [0, 0.05) is 12.8 Å². The van der Waals surface area contributed by atoms with Gasteiger partial charge in [-0.3, -0.25) is 4.79 Å². The minimum atomic E-state index is 0.484. The molecule has 12 heavy (non-hydrogen) atoms. The Bertz CT molecular complexity index is 137. The second kappa shape index (κ2) is 4.64. The van der Waals surface area contributed by atoms with Crippen LogP contribution in [-0.2, 0) is 4.79 Å². The highest BCUT2D eigenvalue weighted by molar-refractivity contribution is 5.79. The van der Waals surface area contributed by atoms with Crippen LogP contribution in [0.2, 0.25) is 0 Å². The van der Waals surface area contributed by atoms with E-state index in [0.29, 0.717) is 5.78 Å². The predicted octanol–water partition coefficient (Wildman–Crippen LogP) is 3.18. The molecule has 1 heteroatoms. The Kier molecular flexibility index (Phi) is 3.77. The van der Waals surface area contributed by atoms with E-state index < -0.39 is 0 Å². The first-order valence-corrected chi connectivity index (χ1v) is 5.29. The zero-order valence-electron chi connectivity index (χ0n) is 8.31. The predicted molar refractivity (Wildman–Crippen MR) is 51.0 cm³/mol. The van der Waals surface area contributed by atoms with E-state index in [0.717, 1.165) is 37.5 Å². The Labute approximate surface area is 75.5 Å². The Morgan fingerprint density at radius 2 is 1.75 bits per heavy atom. The van der Waals surface area contributed by atoms with E-state index in [1.807, 2.05) is 0 Å². The van der Waals surface area contributed by atoms with Gasteiger partial charge in [-0.25, -0.2) is 0 Å². The molecule has 0 aromatic carbocycles. The topological polar surface area (TPSA) is 17.1 Å². The molecule has 0 unspecified atom stereocenters. The lowest BCUT2D eigenvalue weighted by Gasteiger charge is -2.28. The first-order chi connectivity index (χ1) is 5.77. The molecule has 0 N–H and O–H groups in total. The summed E-state index contributed by atoms with van der Waals surface area (Å²) in [6.07, 6.45) is 6.59. The molecule has 0 aliphatic heterocycles. The molecular weight excluding hydrogens is 148 g/mol. The molecule has 70 valence electrons. The first-order valence-electron chi connectivity index (χ1n) is 5.29. The fraction of sp³-hybridized carbons (Fsp3) is 0.909. The molecule has 0 bridgehead atoms. The van der Waals surface area contributed by atoms with Crippen molar-refractivity contribution >= 4 is 5.78 Å². The van der Waals surface area contributed by atoms with E-state index in [-0.39, 0.29) is 0 Å². The van der Waals surface area contributed by atoms with E-state index in [4.69, 9.17) is 0 Å². The van der Waals surface area contributed by atoms with Gasteiger partial charge < -0.3 is 0 Å². The highest BCUT2D eigenvalue weighted by Gasteiger charge is 2.23. The van der Waals surface area contributed by atoms with E-state index in [2.05, 4.69) is 13.8 Å². The molecule has 0 spiro atoms. The van der Waals surface area contributed by atoms with Crippen LogP contribution in [0.1, 0.15) is 52.4 Å². The highest BCUT2D eigenvalue weighted by atomic mass is 16.1. The lowest BCUT2D eigenvalue weighted by Crippen LogP contribution is -2.20. The zero-order chi connectivity index (χ0) is 8.97. The van der Waals surface area contributed by atoms with Gasteiger partial charge in [0.05, 0.1) is 0 Å². The van der Waals surface area contributed by atoms with Crippen LogP contribution < -0.4 is 0 Å². The molecule has 1 aliphatic rings. The van der Waals surface area contributed by atoms with Crippen LogP contribution in [0.3, 0.4) is 0 Å². The van der Waals surface area contributed by atoms with Crippen LogP contribution in [0.4, 0.5) is 0 Å². The van der Waals surface area contributed by atoms with Gasteiger partial charge in [0.1, 0.15) is 5.78 Å². The maximum atomic E-state index is 11.0. The summed E-state index contributed by atoms with van der Waals surface area (Å²) >= 11 is 0. The standard InChI is InChI=1S/C11H20O/c1-3-9(4-2)10-5-7-11(12)8-6-10/h9-10H,3-8H2,1-2H3. The van der Waals surface area contributed by atoms with Gasteiger partial charge in [0.25, 0.3) is 0 Å². The van der Waals surface area contributed by atoms with Crippen LogP contribution in [0.25, 0.3) is 0 Å². The van der Waals surface area contributed by atoms with E-state index in [1.165, 1.54) is 12.8 Å². The Morgan fingerprint density at radius 1 is 1.25 bits per heavy atom. The molecule has 0 atom stereocenters. The SMILES string of the molecule is CCC(CC)C1CCC(=O)CC1. The second-order valence-electron chi connectivity index (χ2n) is 3.95. The number of hydrogen-bond acceptors (Lipinski definition) is 1. The zero-order valence-corrected chi connectivity index (χ0v) is 8.31. The number of carbonyl (C=O) groups excluding carboxylic acids is 1. The molecule has 1 rings (SSSR count). The van der Waals surface area contributed by atoms with Gasteiger partial charge in [0.2, 0.25) is 0 Å².